The van der Waals surface area contributed by atoms with E-state index in [1.165, 1.54) is 12.7 Å². The number of methoxy groups -OCH3 is 3. The third kappa shape index (κ3) is 9.37. The van der Waals surface area contributed by atoms with Crippen LogP contribution in [0.4, 0.5) is 0 Å². The number of allylic oxidation sites excluding steroid dienone is 1. The molecular formula is C48H78O18. The summed E-state index contributed by atoms with van der Waals surface area (Å²) < 4.78 is 67.6. The number of carbonyl (C=O) groups excluding carboxylic acids is 1. The topological polar surface area (TPSA) is 240 Å². The van der Waals surface area contributed by atoms with Gasteiger partial charge in [0.15, 0.2) is 25.2 Å². The summed E-state index contributed by atoms with van der Waals surface area (Å²) in [5.74, 6) is 0.400. The average Bonchev–Trinajstić information content (AvgIpc) is 3.59. The van der Waals surface area contributed by atoms with Gasteiger partial charge in [0.05, 0.1) is 49.3 Å². The van der Waals surface area contributed by atoms with Crippen LogP contribution < -0.4 is 0 Å². The van der Waals surface area contributed by atoms with Crippen LogP contribution in [0.3, 0.4) is 0 Å². The third-order valence-corrected chi connectivity index (χ3v) is 17.5. The fourth-order valence-electron chi connectivity index (χ4n) is 13.9. The molecule has 0 radical (unpaired) electrons. The van der Waals surface area contributed by atoms with Crippen LogP contribution in [-0.4, -0.2) is 187 Å². The number of hydrogen-bond acceptors (Lipinski definition) is 18. The second-order valence-electron chi connectivity index (χ2n) is 21.2. The van der Waals surface area contributed by atoms with Gasteiger partial charge < -0.3 is 82.7 Å². The lowest BCUT2D eigenvalue weighted by molar-refractivity contribution is -0.353. The van der Waals surface area contributed by atoms with E-state index in [1.807, 2.05) is 13.8 Å². The molecule has 18 nitrogen and oxygen atoms in total. The highest BCUT2D eigenvalue weighted by Gasteiger charge is 2.63. The number of ketones is 1. The van der Waals surface area contributed by atoms with E-state index in [4.69, 9.17) is 52.1 Å². The molecule has 8 rings (SSSR count). The van der Waals surface area contributed by atoms with Gasteiger partial charge in [-0.05, 0) is 101 Å². The zero-order valence-electron chi connectivity index (χ0n) is 40.1. The molecule has 0 spiro atoms. The molecule has 4 unspecified atom stereocenters. The summed E-state index contributed by atoms with van der Waals surface area (Å²) in [6.45, 7) is 11.2. The van der Waals surface area contributed by atoms with Crippen molar-refractivity contribution in [2.45, 2.75) is 222 Å². The van der Waals surface area contributed by atoms with Gasteiger partial charge in [-0.1, -0.05) is 25.5 Å². The van der Waals surface area contributed by atoms with E-state index in [9.17, 15) is 35.4 Å². The van der Waals surface area contributed by atoms with Crippen molar-refractivity contribution in [2.75, 3.05) is 27.9 Å². The van der Waals surface area contributed by atoms with Crippen molar-refractivity contribution in [1.82, 2.24) is 0 Å². The Kier molecular flexibility index (Phi) is 15.8. The van der Waals surface area contributed by atoms with E-state index in [0.29, 0.717) is 37.5 Å². The number of carbonyl (C=O) groups is 1. The normalized spacial score (nSPS) is 53.0. The SMILES string of the molecule is CO[C@@H]1[C@@H](O)[C@H](O[C@H]2CC[C@@]3(C)C(=CCC4C5C[C@@H](O[C@@H]6O[C@H](CO)[C@@H](O)[C@H](O)[C@H]6O)C(C(C)=O)[C@@]5(C)CCC43)C2)O[C@H](C)[C@H]1O[C@H]1C[C@H](OC)[C@H](O[C@H]2C[C@@H](OC)[C@H](O)[C@@H](C)O2)[C@@H](C)O1. The van der Waals surface area contributed by atoms with Crippen molar-refractivity contribution < 1.29 is 87.5 Å². The highest BCUT2D eigenvalue weighted by Crippen LogP contribution is 2.67. The minimum absolute atomic E-state index is 0.0135. The summed E-state index contributed by atoms with van der Waals surface area (Å²) in [7, 11) is 4.71. The van der Waals surface area contributed by atoms with Gasteiger partial charge in [-0.25, -0.2) is 0 Å². The van der Waals surface area contributed by atoms with Crippen molar-refractivity contribution in [1.29, 1.82) is 0 Å². The van der Waals surface area contributed by atoms with Gasteiger partial charge in [0, 0.05) is 40.1 Å². The number of aliphatic hydroxyl groups is 6. The number of aliphatic hydroxyl groups excluding tert-OH is 6. The Labute approximate surface area is 388 Å². The first-order valence-corrected chi connectivity index (χ1v) is 24.4. The molecule has 4 saturated heterocycles. The maximum Gasteiger partial charge on any atom is 0.186 e. The maximum atomic E-state index is 13.4. The molecule has 0 aromatic heterocycles. The molecule has 0 aromatic rings. The molecule has 18 heteroatoms. The standard InChI is InChI=1S/C48H78O18/c1-21(50)36-30(63-45-40(54)39(53)38(52)33(20-49)64-45)17-29-27-11-10-25-16-26(12-14-47(25,5)28(27)13-15-48(29,36)6)62-46-41(55)44(58-9)43(24(4)61-46)66-35-19-32(57-8)42(23(3)60-35)65-34-18-31(56-7)37(51)22(2)59-34/h10,22-24,26-46,49,51-55H,11-20H2,1-9H3/t22-,23-,24-,26+,27?,28?,29?,30-,31-,32+,33-,34+,35+,36?,37-,38-,39+,40-,41-,42-,43-,44-,45-,46+,47+,48+/m1/s1. The van der Waals surface area contributed by atoms with E-state index in [2.05, 4.69) is 19.9 Å². The molecule has 7 fully saturated rings. The fraction of sp³-hybridized carbons (Fsp3) is 0.938. The highest BCUT2D eigenvalue weighted by molar-refractivity contribution is 5.80. The van der Waals surface area contributed by atoms with Crippen LogP contribution >= 0.6 is 0 Å². The van der Waals surface area contributed by atoms with Crippen LogP contribution in [0.2, 0.25) is 0 Å². The van der Waals surface area contributed by atoms with Crippen molar-refractivity contribution in [3.63, 3.8) is 0 Å². The summed E-state index contributed by atoms with van der Waals surface area (Å²) >= 11 is 0. The predicted molar refractivity (Wildman–Crippen MR) is 231 cm³/mol. The van der Waals surface area contributed by atoms with Crippen LogP contribution in [0.15, 0.2) is 11.6 Å². The summed E-state index contributed by atoms with van der Waals surface area (Å²) in [6, 6.07) is 0. The Bertz CT molecular complexity index is 1680. The van der Waals surface area contributed by atoms with Crippen molar-refractivity contribution >= 4 is 5.78 Å². The van der Waals surface area contributed by atoms with Crippen LogP contribution in [0.5, 0.6) is 0 Å². The summed E-state index contributed by atoms with van der Waals surface area (Å²) in [6.07, 6.45) is -7.52. The number of hydrogen-bond donors (Lipinski definition) is 6. The number of fused-ring (bicyclic) bond motifs is 5. The molecule has 66 heavy (non-hydrogen) atoms. The summed E-state index contributed by atoms with van der Waals surface area (Å²) in [5, 5.41) is 63.6. The second-order valence-corrected chi connectivity index (χ2v) is 21.2. The Morgan fingerprint density at radius 1 is 0.667 bits per heavy atom. The van der Waals surface area contributed by atoms with Crippen molar-refractivity contribution in [3.8, 4) is 0 Å². The van der Waals surface area contributed by atoms with Gasteiger partial charge in [-0.2, -0.15) is 0 Å². The first-order valence-electron chi connectivity index (χ1n) is 24.4. The van der Waals surface area contributed by atoms with E-state index < -0.39 is 129 Å². The lowest BCUT2D eigenvalue weighted by Crippen LogP contribution is -2.61. The van der Waals surface area contributed by atoms with Crippen LogP contribution in [0.1, 0.15) is 99.3 Å². The Balaban J connectivity index is 0.881. The van der Waals surface area contributed by atoms with Crippen LogP contribution in [0.25, 0.3) is 0 Å². The molecule has 4 aliphatic carbocycles. The zero-order chi connectivity index (χ0) is 47.6. The molecule has 0 amide bonds. The number of Topliss-reactive ketones (excluding diaryl/α,β-unsaturated/α-hetero) is 1. The van der Waals surface area contributed by atoms with Crippen LogP contribution in [-0.2, 0) is 56.9 Å². The van der Waals surface area contributed by atoms with E-state index in [0.717, 1.165) is 32.1 Å². The molecule has 4 aliphatic heterocycles. The fourth-order valence-corrected chi connectivity index (χ4v) is 13.9. The molecular weight excluding hydrogens is 865 g/mol. The predicted octanol–water partition coefficient (Wildman–Crippen LogP) is 1.89. The Morgan fingerprint density at radius 2 is 1.32 bits per heavy atom. The molecule has 378 valence electrons. The van der Waals surface area contributed by atoms with E-state index in [1.54, 1.807) is 28.1 Å². The summed E-state index contributed by atoms with van der Waals surface area (Å²) in [5.41, 5.74) is 0.921. The molecule has 6 N–H and O–H groups in total. The lowest BCUT2D eigenvalue weighted by atomic mass is 9.47. The summed E-state index contributed by atoms with van der Waals surface area (Å²) in [4.78, 5) is 13.4. The second kappa shape index (κ2) is 20.5. The first kappa shape index (κ1) is 51.1. The molecule has 3 saturated carbocycles. The molecule has 4 heterocycles. The van der Waals surface area contributed by atoms with Gasteiger partial charge >= 0.3 is 0 Å². The highest BCUT2D eigenvalue weighted by atomic mass is 16.8. The first-order chi connectivity index (χ1) is 31.4. The number of rotatable bonds is 13. The zero-order valence-corrected chi connectivity index (χ0v) is 40.1. The molecule has 0 aromatic carbocycles. The quantitative estimate of drug-likeness (QED) is 0.145. The molecule has 8 aliphatic rings. The maximum absolute atomic E-state index is 13.4. The van der Waals surface area contributed by atoms with Gasteiger partial charge in [-0.3, -0.25) is 4.79 Å². The minimum atomic E-state index is -1.56. The lowest BCUT2D eigenvalue weighted by Gasteiger charge is -2.58. The Hall–Kier alpha value is -1.27. The Morgan fingerprint density at radius 3 is 1.98 bits per heavy atom. The van der Waals surface area contributed by atoms with Crippen LogP contribution in [0, 0.1) is 34.5 Å². The third-order valence-electron chi connectivity index (χ3n) is 17.5. The van der Waals surface area contributed by atoms with Gasteiger partial charge in [0.1, 0.15) is 60.7 Å². The molecule has 0 bridgehead atoms. The van der Waals surface area contributed by atoms with Gasteiger partial charge in [0.25, 0.3) is 0 Å². The molecule has 26 atom stereocenters. The largest absolute Gasteiger partial charge is 0.394 e. The van der Waals surface area contributed by atoms with E-state index >= 15 is 0 Å². The monoisotopic (exact) mass is 943 g/mol. The van der Waals surface area contributed by atoms with E-state index in [-0.39, 0.29) is 28.6 Å². The van der Waals surface area contributed by atoms with Crippen molar-refractivity contribution in [2.24, 2.45) is 34.5 Å². The van der Waals surface area contributed by atoms with Crippen molar-refractivity contribution in [3.05, 3.63) is 11.6 Å². The number of ether oxygens (including phenoxy) is 11. The van der Waals surface area contributed by atoms with Gasteiger partial charge in [0.2, 0.25) is 0 Å². The minimum Gasteiger partial charge on any atom is -0.394 e. The van der Waals surface area contributed by atoms with Gasteiger partial charge in [-0.15, -0.1) is 0 Å². The smallest absolute Gasteiger partial charge is 0.186 e. The average molecular weight is 943 g/mol.